The molecule has 0 radical (unpaired) electrons. The number of ether oxygens (including phenoxy) is 2. The van der Waals surface area contributed by atoms with Gasteiger partial charge in [0, 0.05) is 17.0 Å². The molecule has 114 valence electrons. The summed E-state index contributed by atoms with van der Waals surface area (Å²) in [5.74, 6) is 2.72. The second-order valence-corrected chi connectivity index (χ2v) is 5.57. The summed E-state index contributed by atoms with van der Waals surface area (Å²) in [7, 11) is 1.66. The summed E-state index contributed by atoms with van der Waals surface area (Å²) in [5, 5.41) is 9.91. The number of rotatable bonds is 2. The Balaban J connectivity index is 1.91. The Labute approximate surface area is 134 Å². The Morgan fingerprint density at radius 3 is 2.39 bits per heavy atom. The fourth-order valence-corrected chi connectivity index (χ4v) is 3.11. The van der Waals surface area contributed by atoms with Crippen LogP contribution in [0.2, 0.25) is 0 Å². The van der Waals surface area contributed by atoms with Crippen LogP contribution in [0.4, 0.5) is 0 Å². The first-order chi connectivity index (χ1) is 11.3. The van der Waals surface area contributed by atoms with Crippen molar-refractivity contribution in [2.75, 3.05) is 7.11 Å². The van der Waals surface area contributed by atoms with Crippen LogP contribution in [0.5, 0.6) is 23.0 Å². The molecule has 0 aliphatic carbocycles. The third kappa shape index (κ3) is 2.30. The molecule has 3 aromatic rings. The predicted octanol–water partition coefficient (Wildman–Crippen LogP) is 4.69. The Bertz CT molecular complexity index is 853. The number of hydrogen-bond acceptors (Lipinski definition) is 3. The predicted molar refractivity (Wildman–Crippen MR) is 88.6 cm³/mol. The zero-order chi connectivity index (χ0) is 15.8. The molecule has 0 aromatic heterocycles. The number of para-hydroxylation sites is 1. The van der Waals surface area contributed by atoms with E-state index in [2.05, 4.69) is 18.2 Å². The number of aromatic hydroxyl groups is 1. The first-order valence-electron chi connectivity index (χ1n) is 7.50. The normalized spacial score (nSPS) is 15.3. The van der Waals surface area contributed by atoms with Crippen LogP contribution < -0.4 is 9.47 Å². The lowest BCUT2D eigenvalue weighted by Crippen LogP contribution is -2.11. The quantitative estimate of drug-likeness (QED) is 0.584. The van der Waals surface area contributed by atoms with Gasteiger partial charge in [0.2, 0.25) is 0 Å². The van der Waals surface area contributed by atoms with Crippen molar-refractivity contribution in [1.82, 2.24) is 0 Å². The monoisotopic (exact) mass is 304 g/mol. The minimum Gasteiger partial charge on any atom is -0.508 e. The molecule has 1 atom stereocenters. The third-order valence-electron chi connectivity index (χ3n) is 4.20. The SMILES string of the molecule is COc1ccc(C2c3ccccc3Oc3ccc(O)cc32)cc1. The van der Waals surface area contributed by atoms with Crippen LogP contribution in [-0.4, -0.2) is 12.2 Å². The van der Waals surface area contributed by atoms with Crippen LogP contribution in [0.3, 0.4) is 0 Å². The Morgan fingerprint density at radius 1 is 0.870 bits per heavy atom. The van der Waals surface area contributed by atoms with Crippen LogP contribution in [0, 0.1) is 0 Å². The number of hydrogen-bond donors (Lipinski definition) is 1. The van der Waals surface area contributed by atoms with Gasteiger partial charge in [0.25, 0.3) is 0 Å². The third-order valence-corrected chi connectivity index (χ3v) is 4.20. The maximum Gasteiger partial charge on any atom is 0.131 e. The van der Waals surface area contributed by atoms with E-state index in [0.717, 1.165) is 33.9 Å². The highest BCUT2D eigenvalue weighted by Gasteiger charge is 2.28. The fraction of sp³-hybridized carbons (Fsp3) is 0.100. The first-order valence-corrected chi connectivity index (χ1v) is 7.50. The van der Waals surface area contributed by atoms with Gasteiger partial charge in [-0.25, -0.2) is 0 Å². The largest absolute Gasteiger partial charge is 0.508 e. The van der Waals surface area contributed by atoms with Gasteiger partial charge in [-0.2, -0.15) is 0 Å². The zero-order valence-corrected chi connectivity index (χ0v) is 12.7. The number of methoxy groups -OCH3 is 1. The highest BCUT2D eigenvalue weighted by Crippen LogP contribution is 2.48. The molecule has 0 fully saturated rings. The lowest BCUT2D eigenvalue weighted by atomic mass is 9.82. The van der Waals surface area contributed by atoms with Gasteiger partial charge in [-0.1, -0.05) is 30.3 Å². The number of benzene rings is 3. The van der Waals surface area contributed by atoms with Gasteiger partial charge in [-0.05, 0) is 42.0 Å². The van der Waals surface area contributed by atoms with E-state index in [1.54, 1.807) is 19.2 Å². The van der Waals surface area contributed by atoms with E-state index in [0.29, 0.717) is 0 Å². The van der Waals surface area contributed by atoms with Crippen molar-refractivity contribution in [3.05, 3.63) is 83.4 Å². The second kappa shape index (κ2) is 5.36. The van der Waals surface area contributed by atoms with E-state index >= 15 is 0 Å². The van der Waals surface area contributed by atoms with Crippen molar-refractivity contribution in [2.45, 2.75) is 5.92 Å². The van der Waals surface area contributed by atoms with Gasteiger partial charge in [-0.15, -0.1) is 0 Å². The summed E-state index contributed by atoms with van der Waals surface area (Å²) in [6, 6.07) is 21.3. The average Bonchev–Trinajstić information content (AvgIpc) is 2.60. The fourth-order valence-electron chi connectivity index (χ4n) is 3.11. The first kappa shape index (κ1) is 13.7. The summed E-state index contributed by atoms with van der Waals surface area (Å²) < 4.78 is 11.2. The minimum absolute atomic E-state index is 0.0213. The van der Waals surface area contributed by atoms with E-state index in [9.17, 15) is 5.11 Å². The van der Waals surface area contributed by atoms with E-state index in [4.69, 9.17) is 9.47 Å². The molecular weight excluding hydrogens is 288 g/mol. The highest BCUT2D eigenvalue weighted by molar-refractivity contribution is 5.59. The number of phenolic OH excluding ortho intramolecular Hbond substituents is 1. The number of phenols is 1. The van der Waals surface area contributed by atoms with Crippen LogP contribution in [0.25, 0.3) is 0 Å². The van der Waals surface area contributed by atoms with Gasteiger partial charge in [0.05, 0.1) is 7.11 Å². The van der Waals surface area contributed by atoms with Crippen LogP contribution >= 0.6 is 0 Å². The van der Waals surface area contributed by atoms with Crippen molar-refractivity contribution >= 4 is 0 Å². The van der Waals surface area contributed by atoms with Gasteiger partial charge in [-0.3, -0.25) is 0 Å². The molecule has 3 heteroatoms. The van der Waals surface area contributed by atoms with Crippen molar-refractivity contribution in [2.24, 2.45) is 0 Å². The summed E-state index contributed by atoms with van der Waals surface area (Å²) >= 11 is 0. The van der Waals surface area contributed by atoms with Gasteiger partial charge in [0.1, 0.15) is 23.0 Å². The molecule has 0 saturated carbocycles. The van der Waals surface area contributed by atoms with E-state index in [-0.39, 0.29) is 11.7 Å². The summed E-state index contributed by atoms with van der Waals surface area (Å²) in [6.07, 6.45) is 0. The molecule has 1 aliphatic heterocycles. The van der Waals surface area contributed by atoms with Crippen molar-refractivity contribution in [3.63, 3.8) is 0 Å². The molecule has 4 rings (SSSR count). The molecule has 1 unspecified atom stereocenters. The summed E-state index contributed by atoms with van der Waals surface area (Å²) in [5.41, 5.74) is 3.19. The molecule has 0 amide bonds. The molecule has 23 heavy (non-hydrogen) atoms. The minimum atomic E-state index is 0.0213. The molecule has 1 N–H and O–H groups in total. The van der Waals surface area contributed by atoms with Gasteiger partial charge < -0.3 is 14.6 Å². The topological polar surface area (TPSA) is 38.7 Å². The molecule has 1 aliphatic rings. The summed E-state index contributed by atoms with van der Waals surface area (Å²) in [4.78, 5) is 0. The van der Waals surface area contributed by atoms with Crippen molar-refractivity contribution in [1.29, 1.82) is 0 Å². The maximum atomic E-state index is 9.91. The zero-order valence-electron chi connectivity index (χ0n) is 12.7. The average molecular weight is 304 g/mol. The number of fused-ring (bicyclic) bond motifs is 2. The van der Waals surface area contributed by atoms with E-state index in [1.807, 2.05) is 36.4 Å². The lowest BCUT2D eigenvalue weighted by Gasteiger charge is -2.28. The summed E-state index contributed by atoms with van der Waals surface area (Å²) in [6.45, 7) is 0. The lowest BCUT2D eigenvalue weighted by molar-refractivity contribution is 0.414. The Kier molecular flexibility index (Phi) is 3.19. The smallest absolute Gasteiger partial charge is 0.131 e. The highest BCUT2D eigenvalue weighted by atomic mass is 16.5. The second-order valence-electron chi connectivity index (χ2n) is 5.57. The maximum absolute atomic E-state index is 9.91. The van der Waals surface area contributed by atoms with E-state index in [1.165, 1.54) is 0 Å². The van der Waals surface area contributed by atoms with Crippen LogP contribution in [-0.2, 0) is 0 Å². The van der Waals surface area contributed by atoms with Crippen LogP contribution in [0.1, 0.15) is 22.6 Å². The standard InChI is InChI=1S/C20H16O3/c1-22-15-9-6-13(7-10-15)20-16-4-2-3-5-18(16)23-19-11-8-14(21)12-17(19)20/h2-12,20-21H,1H3. The Morgan fingerprint density at radius 2 is 1.61 bits per heavy atom. The van der Waals surface area contributed by atoms with E-state index < -0.39 is 0 Å². The molecule has 3 nitrogen and oxygen atoms in total. The molecular formula is C20H16O3. The Hall–Kier alpha value is -2.94. The molecule has 0 saturated heterocycles. The van der Waals surface area contributed by atoms with Gasteiger partial charge >= 0.3 is 0 Å². The van der Waals surface area contributed by atoms with Crippen LogP contribution in [0.15, 0.2) is 66.7 Å². The molecule has 1 heterocycles. The van der Waals surface area contributed by atoms with Gasteiger partial charge in [0.15, 0.2) is 0 Å². The molecule has 3 aromatic carbocycles. The van der Waals surface area contributed by atoms with Crippen molar-refractivity contribution in [3.8, 4) is 23.0 Å². The molecule has 0 spiro atoms. The van der Waals surface area contributed by atoms with Crippen molar-refractivity contribution < 1.29 is 14.6 Å². The molecule has 0 bridgehead atoms.